The maximum absolute atomic E-state index is 5.88. The Morgan fingerprint density at radius 2 is 1.09 bits per heavy atom. The van der Waals surface area contributed by atoms with Gasteiger partial charge in [-0.1, -0.05) is 109 Å². The molecule has 158 valence electrons. The molecule has 0 spiro atoms. The van der Waals surface area contributed by atoms with Crippen LogP contribution in [0.25, 0.3) is 0 Å². The van der Waals surface area contributed by atoms with Crippen molar-refractivity contribution >= 4 is 22.5 Å². The third kappa shape index (κ3) is 4.95. The molecule has 0 radical (unpaired) electrons. The normalized spacial score (nSPS) is 10.8. The molecule has 0 unspecified atom stereocenters. The minimum absolute atomic E-state index is 0.666. The van der Waals surface area contributed by atoms with Crippen molar-refractivity contribution in [3.05, 3.63) is 121 Å². The molecule has 4 aromatic carbocycles. The van der Waals surface area contributed by atoms with Crippen molar-refractivity contribution in [2.45, 2.75) is 19.8 Å². The molecule has 0 aliphatic heterocycles. The van der Waals surface area contributed by atoms with E-state index in [0.717, 1.165) is 18.6 Å². The van der Waals surface area contributed by atoms with Gasteiger partial charge < -0.3 is 4.74 Å². The lowest BCUT2D eigenvalue weighted by molar-refractivity contribution is 0.313. The molecule has 0 aliphatic carbocycles. The van der Waals surface area contributed by atoms with Crippen molar-refractivity contribution < 1.29 is 4.74 Å². The second-order valence-electron chi connectivity index (χ2n) is 8.18. The van der Waals surface area contributed by atoms with Gasteiger partial charge in [-0.05, 0) is 25.5 Å². The molecule has 32 heavy (non-hydrogen) atoms. The van der Waals surface area contributed by atoms with E-state index in [9.17, 15) is 0 Å². The average Bonchev–Trinajstić information content (AvgIpc) is 2.86. The smallest absolute Gasteiger partial charge is 0.149 e. The highest BCUT2D eigenvalue weighted by molar-refractivity contribution is 7.16. The standard InChI is InChI=1S/C30H28BO/c1-26-20-22-30(23-21-26)32-25-13-5-12-24-31(27-14-6-2-7-15-27,28-16-8-3-9-17-28)29-18-10-4-11-19-29/h2-4,6-11,14-23H,5,13,25H2,1H3/q-1. The summed E-state index contributed by atoms with van der Waals surface area (Å²) in [6.45, 7) is 2.75. The number of unbranched alkanes of at least 4 members (excludes halogenated alkanes) is 1. The fourth-order valence-electron chi connectivity index (χ4n) is 4.26. The summed E-state index contributed by atoms with van der Waals surface area (Å²) in [7, 11) is 0. The van der Waals surface area contributed by atoms with Crippen molar-refractivity contribution in [1.82, 2.24) is 0 Å². The Hall–Kier alpha value is -3.70. The van der Waals surface area contributed by atoms with E-state index >= 15 is 0 Å². The van der Waals surface area contributed by atoms with E-state index in [2.05, 4.69) is 122 Å². The largest absolute Gasteiger partial charge is 0.494 e. The van der Waals surface area contributed by atoms with E-state index in [0.29, 0.717) is 6.61 Å². The van der Waals surface area contributed by atoms with Gasteiger partial charge in [0.15, 0.2) is 0 Å². The molecule has 0 saturated carbocycles. The van der Waals surface area contributed by atoms with Gasteiger partial charge >= 0.3 is 0 Å². The molecular weight excluding hydrogens is 387 g/mol. The SMILES string of the molecule is Cc1ccc(OCCCC#C[B-](c2ccccc2)(c2ccccc2)c2ccccc2)cc1. The second-order valence-corrected chi connectivity index (χ2v) is 8.18. The highest BCUT2D eigenvalue weighted by Gasteiger charge is 2.27. The summed E-state index contributed by atoms with van der Waals surface area (Å²) in [5, 5.41) is 0. The lowest BCUT2D eigenvalue weighted by Crippen LogP contribution is -2.66. The van der Waals surface area contributed by atoms with E-state index in [1.807, 2.05) is 12.1 Å². The monoisotopic (exact) mass is 415 g/mol. The lowest BCUT2D eigenvalue weighted by Gasteiger charge is -2.38. The highest BCUT2D eigenvalue weighted by Crippen LogP contribution is 2.12. The first-order valence-corrected chi connectivity index (χ1v) is 11.3. The molecule has 0 N–H and O–H groups in total. The van der Waals surface area contributed by atoms with Crippen LogP contribution in [0.4, 0.5) is 0 Å². The average molecular weight is 415 g/mol. The Labute approximate surface area is 192 Å². The molecular formula is C30H28BO-. The summed E-state index contributed by atoms with van der Waals surface area (Å²) in [6, 6.07) is 40.3. The summed E-state index contributed by atoms with van der Waals surface area (Å²) >= 11 is 0. The summed E-state index contributed by atoms with van der Waals surface area (Å²) in [4.78, 5) is 0. The predicted molar refractivity (Wildman–Crippen MR) is 138 cm³/mol. The number of hydrogen-bond acceptors (Lipinski definition) is 1. The Kier molecular flexibility index (Phi) is 7.10. The number of hydrogen-bond donors (Lipinski definition) is 0. The third-order valence-electron chi connectivity index (χ3n) is 5.95. The van der Waals surface area contributed by atoms with Crippen molar-refractivity contribution in [1.29, 1.82) is 0 Å². The van der Waals surface area contributed by atoms with Crippen molar-refractivity contribution in [3.8, 4) is 17.5 Å². The molecule has 0 bridgehead atoms. The second kappa shape index (κ2) is 10.6. The van der Waals surface area contributed by atoms with Gasteiger partial charge in [-0.2, -0.15) is 16.4 Å². The van der Waals surface area contributed by atoms with Crippen LogP contribution in [0.3, 0.4) is 0 Å². The van der Waals surface area contributed by atoms with Crippen LogP contribution < -0.4 is 21.1 Å². The zero-order valence-corrected chi connectivity index (χ0v) is 18.6. The molecule has 0 amide bonds. The van der Waals surface area contributed by atoms with E-state index in [4.69, 9.17) is 4.74 Å². The summed E-state index contributed by atoms with van der Waals surface area (Å²) in [5.74, 6) is 8.18. The number of benzene rings is 4. The minimum atomic E-state index is -1.39. The van der Waals surface area contributed by atoms with Crippen molar-refractivity contribution in [3.63, 3.8) is 0 Å². The molecule has 0 fully saturated rings. The summed E-state index contributed by atoms with van der Waals surface area (Å²) in [5.41, 5.74) is 4.97. The lowest BCUT2D eigenvalue weighted by atomic mass is 9.16. The van der Waals surface area contributed by atoms with Gasteiger partial charge in [0.2, 0.25) is 0 Å². The molecule has 0 aromatic heterocycles. The van der Waals surface area contributed by atoms with Gasteiger partial charge in [-0.15, -0.1) is 5.92 Å². The molecule has 2 heteroatoms. The molecule has 4 rings (SSSR count). The van der Waals surface area contributed by atoms with Crippen LogP contribution in [0.2, 0.25) is 0 Å². The first-order chi connectivity index (χ1) is 15.8. The Bertz CT molecular complexity index is 1060. The number of rotatable bonds is 7. The summed E-state index contributed by atoms with van der Waals surface area (Å²) in [6.07, 6.45) is 0.301. The highest BCUT2D eigenvalue weighted by atomic mass is 16.5. The van der Waals surface area contributed by atoms with Crippen LogP contribution in [0.1, 0.15) is 18.4 Å². The molecule has 4 aromatic rings. The first-order valence-electron chi connectivity index (χ1n) is 11.3. The van der Waals surface area contributed by atoms with Crippen molar-refractivity contribution in [2.24, 2.45) is 0 Å². The fraction of sp³-hybridized carbons (Fsp3) is 0.133. The molecule has 0 atom stereocenters. The molecule has 1 nitrogen and oxygen atoms in total. The summed E-state index contributed by atoms with van der Waals surface area (Å²) < 4.78 is 5.88. The van der Waals surface area contributed by atoms with Crippen LogP contribution in [-0.4, -0.2) is 12.8 Å². The van der Waals surface area contributed by atoms with Gasteiger partial charge in [0.05, 0.1) is 6.61 Å². The van der Waals surface area contributed by atoms with Gasteiger partial charge in [0.1, 0.15) is 11.9 Å². The minimum Gasteiger partial charge on any atom is -0.494 e. The van der Waals surface area contributed by atoms with Crippen LogP contribution in [0.15, 0.2) is 115 Å². The van der Waals surface area contributed by atoms with Gasteiger partial charge in [0.25, 0.3) is 0 Å². The maximum atomic E-state index is 5.88. The van der Waals surface area contributed by atoms with Crippen LogP contribution in [0, 0.1) is 18.7 Å². The Morgan fingerprint density at radius 3 is 1.56 bits per heavy atom. The molecule has 0 saturated heterocycles. The van der Waals surface area contributed by atoms with E-state index in [1.54, 1.807) is 0 Å². The van der Waals surface area contributed by atoms with Gasteiger partial charge in [-0.25, -0.2) is 0 Å². The predicted octanol–water partition coefficient (Wildman–Crippen LogP) is 4.87. The van der Waals surface area contributed by atoms with E-state index in [-0.39, 0.29) is 0 Å². The van der Waals surface area contributed by atoms with Crippen molar-refractivity contribution in [2.75, 3.05) is 6.61 Å². The fourth-order valence-corrected chi connectivity index (χ4v) is 4.26. The zero-order chi connectivity index (χ0) is 22.1. The molecule has 0 aliphatic rings. The van der Waals surface area contributed by atoms with E-state index in [1.165, 1.54) is 22.0 Å². The number of aryl methyl sites for hydroxylation is 1. The Morgan fingerprint density at radius 1 is 0.625 bits per heavy atom. The maximum Gasteiger partial charge on any atom is 0.149 e. The van der Waals surface area contributed by atoms with Crippen LogP contribution in [0.5, 0.6) is 5.75 Å². The first kappa shape index (κ1) is 21.5. The van der Waals surface area contributed by atoms with Gasteiger partial charge in [0, 0.05) is 6.42 Å². The van der Waals surface area contributed by atoms with Crippen LogP contribution in [-0.2, 0) is 0 Å². The third-order valence-corrected chi connectivity index (χ3v) is 5.95. The van der Waals surface area contributed by atoms with Crippen LogP contribution >= 0.6 is 0 Å². The quantitative estimate of drug-likeness (QED) is 0.238. The van der Waals surface area contributed by atoms with E-state index < -0.39 is 6.15 Å². The number of ether oxygens (including phenoxy) is 1. The van der Waals surface area contributed by atoms with Gasteiger partial charge in [-0.3, -0.25) is 5.82 Å². The zero-order valence-electron chi connectivity index (χ0n) is 18.6. The Balaban J connectivity index is 1.61. The molecule has 0 heterocycles. The topological polar surface area (TPSA) is 9.23 Å².